The highest BCUT2D eigenvalue weighted by Gasteiger charge is 2.19. The van der Waals surface area contributed by atoms with Crippen molar-refractivity contribution in [3.8, 4) is 5.75 Å². The Morgan fingerprint density at radius 2 is 2.05 bits per heavy atom. The van der Waals surface area contributed by atoms with E-state index in [1.165, 1.54) is 37.7 Å². The average Bonchev–Trinajstić information content (AvgIpc) is 2.52. The zero-order valence-corrected chi connectivity index (χ0v) is 12.5. The normalized spacial score (nSPS) is 17.4. The summed E-state index contributed by atoms with van der Waals surface area (Å²) in [5.74, 6) is 0.348. The smallest absolute Gasteiger partial charge is 0.303 e. The molecule has 0 spiro atoms. The van der Waals surface area contributed by atoms with Gasteiger partial charge >= 0.3 is 5.97 Å². The molecule has 4 nitrogen and oxygen atoms in total. The third kappa shape index (κ3) is 4.21. The van der Waals surface area contributed by atoms with Gasteiger partial charge in [0.05, 0.1) is 13.2 Å². The molecule has 1 atom stereocenters. The lowest BCUT2D eigenvalue weighted by Gasteiger charge is -2.23. The maximum Gasteiger partial charge on any atom is 0.303 e. The molecule has 1 fully saturated rings. The largest absolute Gasteiger partial charge is 0.496 e. The van der Waals surface area contributed by atoms with Gasteiger partial charge in [0.25, 0.3) is 0 Å². The number of aliphatic carboxylic acids is 1. The van der Waals surface area contributed by atoms with Crippen molar-refractivity contribution in [2.75, 3.05) is 7.11 Å². The number of methoxy groups -OCH3 is 1. The molecule has 1 saturated carbocycles. The van der Waals surface area contributed by atoms with Crippen molar-refractivity contribution < 1.29 is 19.7 Å². The molecular formula is C17H24O4. The van der Waals surface area contributed by atoms with Crippen LogP contribution in [0.3, 0.4) is 0 Å². The minimum atomic E-state index is -0.896. The second-order valence-corrected chi connectivity index (χ2v) is 5.78. The lowest BCUT2D eigenvalue weighted by Crippen LogP contribution is -2.07. The Morgan fingerprint density at radius 3 is 2.67 bits per heavy atom. The Morgan fingerprint density at radius 1 is 1.33 bits per heavy atom. The van der Waals surface area contributed by atoms with E-state index >= 15 is 0 Å². The molecule has 116 valence electrons. The predicted octanol–water partition coefficient (Wildman–Crippen LogP) is 3.64. The monoisotopic (exact) mass is 292 g/mol. The van der Waals surface area contributed by atoms with Crippen LogP contribution in [0.25, 0.3) is 0 Å². The van der Waals surface area contributed by atoms with Crippen LogP contribution in [-0.4, -0.2) is 23.3 Å². The molecule has 1 aromatic rings. The summed E-state index contributed by atoms with van der Waals surface area (Å²) < 4.78 is 5.40. The molecule has 4 heteroatoms. The van der Waals surface area contributed by atoms with Crippen LogP contribution in [0.15, 0.2) is 18.2 Å². The van der Waals surface area contributed by atoms with Gasteiger partial charge < -0.3 is 14.9 Å². The zero-order chi connectivity index (χ0) is 15.2. The molecule has 0 heterocycles. The summed E-state index contributed by atoms with van der Waals surface area (Å²) >= 11 is 0. The molecule has 0 radical (unpaired) electrons. The molecule has 0 bridgehead atoms. The van der Waals surface area contributed by atoms with Crippen molar-refractivity contribution in [3.05, 3.63) is 29.3 Å². The Bertz CT molecular complexity index is 478. The molecule has 2 rings (SSSR count). The van der Waals surface area contributed by atoms with Gasteiger partial charge in [-0.15, -0.1) is 0 Å². The van der Waals surface area contributed by atoms with Gasteiger partial charge in [-0.1, -0.05) is 31.4 Å². The molecule has 0 amide bonds. The number of carboxylic acid groups (broad SMARTS) is 1. The standard InChI is InChI=1S/C17H24O4/c1-21-16-11-13(12-5-3-2-4-6-12)7-8-14(16)15(18)9-10-17(19)20/h7-8,11-12,15,18H,2-6,9-10H2,1H3,(H,19,20). The molecule has 1 aliphatic carbocycles. The molecule has 0 saturated heterocycles. The van der Waals surface area contributed by atoms with Gasteiger partial charge in [0.15, 0.2) is 0 Å². The SMILES string of the molecule is COc1cc(C2CCCCC2)ccc1C(O)CCC(=O)O. The predicted molar refractivity (Wildman–Crippen MR) is 80.6 cm³/mol. The topological polar surface area (TPSA) is 66.8 Å². The Balaban J connectivity index is 2.13. The summed E-state index contributed by atoms with van der Waals surface area (Å²) in [4.78, 5) is 10.6. The Kier molecular flexibility index (Phi) is 5.62. The van der Waals surface area contributed by atoms with Crippen LogP contribution in [-0.2, 0) is 4.79 Å². The lowest BCUT2D eigenvalue weighted by atomic mass is 9.83. The average molecular weight is 292 g/mol. The maximum atomic E-state index is 10.6. The zero-order valence-electron chi connectivity index (χ0n) is 12.5. The minimum Gasteiger partial charge on any atom is -0.496 e. The number of aliphatic hydroxyl groups is 1. The van der Waals surface area contributed by atoms with Crippen LogP contribution in [0.1, 0.15) is 68.1 Å². The molecule has 2 N–H and O–H groups in total. The van der Waals surface area contributed by atoms with Gasteiger partial charge in [-0.3, -0.25) is 4.79 Å². The van der Waals surface area contributed by atoms with E-state index < -0.39 is 12.1 Å². The van der Waals surface area contributed by atoms with Gasteiger partial charge in [0.1, 0.15) is 5.75 Å². The highest BCUT2D eigenvalue weighted by atomic mass is 16.5. The van der Waals surface area contributed by atoms with Crippen molar-refractivity contribution >= 4 is 5.97 Å². The maximum absolute atomic E-state index is 10.6. The van der Waals surface area contributed by atoms with E-state index in [2.05, 4.69) is 6.07 Å². The summed E-state index contributed by atoms with van der Waals surface area (Å²) in [6, 6.07) is 5.95. The number of benzene rings is 1. The summed E-state index contributed by atoms with van der Waals surface area (Å²) in [6.45, 7) is 0. The minimum absolute atomic E-state index is 0.0469. The number of carboxylic acids is 1. The van der Waals surface area contributed by atoms with Crippen LogP contribution in [0, 0.1) is 0 Å². The van der Waals surface area contributed by atoms with Gasteiger partial charge in [-0.25, -0.2) is 0 Å². The third-order valence-electron chi connectivity index (χ3n) is 4.32. The summed E-state index contributed by atoms with van der Waals surface area (Å²) in [5.41, 5.74) is 1.94. The number of carbonyl (C=O) groups is 1. The summed E-state index contributed by atoms with van der Waals surface area (Å²) in [5, 5.41) is 18.8. The first kappa shape index (κ1) is 15.8. The molecule has 0 aliphatic heterocycles. The second-order valence-electron chi connectivity index (χ2n) is 5.78. The molecule has 0 aromatic heterocycles. The highest BCUT2D eigenvalue weighted by Crippen LogP contribution is 2.37. The number of hydrogen-bond acceptors (Lipinski definition) is 3. The fourth-order valence-corrected chi connectivity index (χ4v) is 3.11. The first-order valence-electron chi connectivity index (χ1n) is 7.69. The van der Waals surface area contributed by atoms with E-state index in [0.29, 0.717) is 17.2 Å². The quantitative estimate of drug-likeness (QED) is 0.840. The van der Waals surface area contributed by atoms with Gasteiger partial charge in [0.2, 0.25) is 0 Å². The molecular weight excluding hydrogens is 268 g/mol. The van der Waals surface area contributed by atoms with Gasteiger partial charge in [-0.2, -0.15) is 0 Å². The van der Waals surface area contributed by atoms with E-state index in [4.69, 9.17) is 9.84 Å². The highest BCUT2D eigenvalue weighted by molar-refractivity contribution is 5.66. The first-order chi connectivity index (χ1) is 10.1. The number of hydrogen-bond donors (Lipinski definition) is 2. The van der Waals surface area contributed by atoms with Crippen molar-refractivity contribution in [1.29, 1.82) is 0 Å². The number of rotatable bonds is 6. The first-order valence-corrected chi connectivity index (χ1v) is 7.69. The third-order valence-corrected chi connectivity index (χ3v) is 4.32. The molecule has 1 unspecified atom stereocenters. The van der Waals surface area contributed by atoms with E-state index in [0.717, 1.165) is 0 Å². The van der Waals surface area contributed by atoms with Crippen molar-refractivity contribution in [1.82, 2.24) is 0 Å². The van der Waals surface area contributed by atoms with Crippen molar-refractivity contribution in [3.63, 3.8) is 0 Å². The molecule has 21 heavy (non-hydrogen) atoms. The van der Waals surface area contributed by atoms with Crippen molar-refractivity contribution in [2.24, 2.45) is 0 Å². The van der Waals surface area contributed by atoms with E-state index in [-0.39, 0.29) is 12.8 Å². The second kappa shape index (κ2) is 7.46. The van der Waals surface area contributed by atoms with Gasteiger partial charge in [-0.05, 0) is 36.8 Å². The van der Waals surface area contributed by atoms with Crippen LogP contribution in [0.2, 0.25) is 0 Å². The fraction of sp³-hybridized carbons (Fsp3) is 0.588. The Hall–Kier alpha value is -1.55. The van der Waals surface area contributed by atoms with Gasteiger partial charge in [0, 0.05) is 12.0 Å². The Labute approximate surface area is 125 Å². The van der Waals surface area contributed by atoms with Crippen LogP contribution >= 0.6 is 0 Å². The van der Waals surface area contributed by atoms with Crippen LogP contribution < -0.4 is 4.74 Å². The molecule has 1 aromatic carbocycles. The summed E-state index contributed by atoms with van der Waals surface area (Å²) in [7, 11) is 1.59. The van der Waals surface area contributed by atoms with Crippen molar-refractivity contribution in [2.45, 2.75) is 57.0 Å². The number of aliphatic hydroxyl groups excluding tert-OH is 1. The number of ether oxygens (including phenoxy) is 1. The van der Waals surface area contributed by atoms with E-state index in [1.54, 1.807) is 7.11 Å². The van der Waals surface area contributed by atoms with E-state index in [1.807, 2.05) is 12.1 Å². The van der Waals surface area contributed by atoms with Crippen LogP contribution in [0.5, 0.6) is 5.75 Å². The van der Waals surface area contributed by atoms with E-state index in [9.17, 15) is 9.90 Å². The van der Waals surface area contributed by atoms with Crippen LogP contribution in [0.4, 0.5) is 0 Å². The molecule has 1 aliphatic rings. The summed E-state index contributed by atoms with van der Waals surface area (Å²) in [6.07, 6.45) is 5.65. The lowest BCUT2D eigenvalue weighted by molar-refractivity contribution is -0.137. The fourth-order valence-electron chi connectivity index (χ4n) is 3.11.